The van der Waals surface area contributed by atoms with Crippen molar-refractivity contribution < 1.29 is 14.0 Å². The molecule has 0 aliphatic carbocycles. The molecule has 0 bridgehead atoms. The second-order valence-corrected chi connectivity index (χ2v) is 7.07. The monoisotopic (exact) mass is 383 g/mol. The van der Waals surface area contributed by atoms with Gasteiger partial charge in [-0.05, 0) is 37.5 Å². The number of nitrogens with one attached hydrogen (secondary N) is 1. The minimum Gasteiger partial charge on any atom is -0.342 e. The summed E-state index contributed by atoms with van der Waals surface area (Å²) in [5.74, 6) is -0.220. The number of amides is 2. The number of benzene rings is 1. The summed E-state index contributed by atoms with van der Waals surface area (Å²) in [6, 6.07) is 6.23. The van der Waals surface area contributed by atoms with Crippen LogP contribution in [0.3, 0.4) is 0 Å². The van der Waals surface area contributed by atoms with E-state index in [0.717, 1.165) is 38.0 Å². The molecule has 1 aromatic carbocycles. The molecule has 7 heteroatoms. The molecule has 2 amide bonds. The van der Waals surface area contributed by atoms with Gasteiger partial charge in [-0.1, -0.05) is 12.1 Å². The summed E-state index contributed by atoms with van der Waals surface area (Å²) in [5.41, 5.74) is 0.801. The van der Waals surface area contributed by atoms with Crippen LogP contribution < -0.4 is 5.32 Å². The number of rotatable bonds is 3. The fraction of sp³-hybridized carbons (Fsp3) is 0.579. The quantitative estimate of drug-likeness (QED) is 0.866. The highest BCUT2D eigenvalue weighted by Gasteiger charge is 2.33. The molecule has 2 atom stereocenters. The Kier molecular flexibility index (Phi) is 7.41. The van der Waals surface area contributed by atoms with Crippen molar-refractivity contribution in [3.63, 3.8) is 0 Å². The average Bonchev–Trinajstić information content (AvgIpc) is 2.63. The van der Waals surface area contributed by atoms with Gasteiger partial charge in [-0.15, -0.1) is 12.4 Å². The summed E-state index contributed by atoms with van der Waals surface area (Å²) >= 11 is 0. The lowest BCUT2D eigenvalue weighted by atomic mass is 9.95. The first kappa shape index (κ1) is 20.6. The molecule has 3 rings (SSSR count). The van der Waals surface area contributed by atoms with Crippen molar-refractivity contribution >= 4 is 24.2 Å². The van der Waals surface area contributed by atoms with E-state index in [1.54, 1.807) is 17.0 Å². The Morgan fingerprint density at radius 3 is 2.65 bits per heavy atom. The summed E-state index contributed by atoms with van der Waals surface area (Å²) in [6.07, 6.45) is 1.95. The first-order valence-electron chi connectivity index (χ1n) is 9.08. The van der Waals surface area contributed by atoms with Crippen LogP contribution in [0.15, 0.2) is 24.3 Å². The molecule has 1 unspecified atom stereocenters. The van der Waals surface area contributed by atoms with Crippen LogP contribution in [0.4, 0.5) is 4.39 Å². The van der Waals surface area contributed by atoms with E-state index in [1.807, 2.05) is 4.90 Å². The largest absolute Gasteiger partial charge is 0.342 e. The maximum atomic E-state index is 13.0. The van der Waals surface area contributed by atoms with Crippen molar-refractivity contribution in [2.24, 2.45) is 5.92 Å². The second-order valence-electron chi connectivity index (χ2n) is 7.07. The summed E-state index contributed by atoms with van der Waals surface area (Å²) in [5, 5.41) is 3.30. The van der Waals surface area contributed by atoms with E-state index >= 15 is 0 Å². The van der Waals surface area contributed by atoms with Crippen molar-refractivity contribution in [3.8, 4) is 0 Å². The van der Waals surface area contributed by atoms with E-state index in [4.69, 9.17) is 0 Å². The second kappa shape index (κ2) is 9.33. The van der Waals surface area contributed by atoms with Crippen LogP contribution in [-0.2, 0) is 16.0 Å². The topological polar surface area (TPSA) is 52.7 Å². The van der Waals surface area contributed by atoms with Gasteiger partial charge >= 0.3 is 0 Å². The fourth-order valence-corrected chi connectivity index (χ4v) is 3.70. The van der Waals surface area contributed by atoms with Gasteiger partial charge in [0, 0.05) is 38.8 Å². The summed E-state index contributed by atoms with van der Waals surface area (Å²) < 4.78 is 13.0. The van der Waals surface area contributed by atoms with Gasteiger partial charge in [0.1, 0.15) is 5.82 Å². The third kappa shape index (κ3) is 4.95. The molecule has 0 aromatic heterocycles. The Labute approximate surface area is 160 Å². The molecule has 144 valence electrons. The van der Waals surface area contributed by atoms with Gasteiger partial charge in [-0.2, -0.15) is 0 Å². The minimum atomic E-state index is -0.301. The molecule has 2 heterocycles. The smallest absolute Gasteiger partial charge is 0.227 e. The molecule has 1 N–H and O–H groups in total. The van der Waals surface area contributed by atoms with Gasteiger partial charge in [0.05, 0.1) is 12.3 Å². The van der Waals surface area contributed by atoms with Crippen molar-refractivity contribution in [3.05, 3.63) is 35.6 Å². The van der Waals surface area contributed by atoms with Crippen LogP contribution in [0.1, 0.15) is 25.3 Å². The maximum Gasteiger partial charge on any atom is 0.227 e. The molecule has 2 aliphatic heterocycles. The zero-order chi connectivity index (χ0) is 17.8. The number of piperidine rings is 1. The van der Waals surface area contributed by atoms with Crippen molar-refractivity contribution in [1.82, 2.24) is 15.1 Å². The summed E-state index contributed by atoms with van der Waals surface area (Å²) in [4.78, 5) is 29.2. The lowest BCUT2D eigenvalue weighted by molar-refractivity contribution is -0.142. The normalized spacial score (nSPS) is 23.3. The third-order valence-electron chi connectivity index (χ3n) is 5.18. The molecule has 2 aliphatic rings. The van der Waals surface area contributed by atoms with Crippen LogP contribution in [-0.4, -0.2) is 60.4 Å². The number of hydrogen-bond donors (Lipinski definition) is 1. The lowest BCUT2D eigenvalue weighted by Crippen LogP contribution is -2.56. The first-order valence-corrected chi connectivity index (χ1v) is 9.08. The SMILES string of the molecule is C[C@H]1CNCCN1C(=O)C1CCCN(C(=O)Cc2ccc(F)cc2)C1.Cl. The van der Waals surface area contributed by atoms with E-state index in [0.29, 0.717) is 13.1 Å². The number of piperazine rings is 1. The van der Waals surface area contributed by atoms with Crippen molar-refractivity contribution in [2.45, 2.75) is 32.2 Å². The number of hydrogen-bond acceptors (Lipinski definition) is 3. The third-order valence-corrected chi connectivity index (χ3v) is 5.18. The highest BCUT2D eigenvalue weighted by atomic mass is 35.5. The Hall–Kier alpha value is -1.66. The van der Waals surface area contributed by atoms with Crippen LogP contribution >= 0.6 is 12.4 Å². The summed E-state index contributed by atoms with van der Waals surface area (Å²) in [6.45, 7) is 5.64. The van der Waals surface area contributed by atoms with Gasteiger partial charge in [-0.3, -0.25) is 9.59 Å². The van der Waals surface area contributed by atoms with Crippen molar-refractivity contribution in [1.29, 1.82) is 0 Å². The van der Waals surface area contributed by atoms with Crippen molar-refractivity contribution in [2.75, 3.05) is 32.7 Å². The Balaban J connectivity index is 0.00000243. The van der Waals surface area contributed by atoms with Gasteiger partial charge in [0.25, 0.3) is 0 Å². The van der Waals surface area contributed by atoms with E-state index in [1.165, 1.54) is 12.1 Å². The Morgan fingerprint density at radius 2 is 1.96 bits per heavy atom. The number of carbonyl (C=O) groups excluding carboxylic acids is 2. The minimum absolute atomic E-state index is 0. The fourth-order valence-electron chi connectivity index (χ4n) is 3.70. The van der Waals surface area contributed by atoms with Gasteiger partial charge in [-0.25, -0.2) is 4.39 Å². The average molecular weight is 384 g/mol. The van der Waals surface area contributed by atoms with E-state index in [9.17, 15) is 14.0 Å². The summed E-state index contributed by atoms with van der Waals surface area (Å²) in [7, 11) is 0. The van der Waals surface area contributed by atoms with E-state index in [2.05, 4.69) is 12.2 Å². The molecule has 5 nitrogen and oxygen atoms in total. The number of carbonyl (C=O) groups is 2. The van der Waals surface area contributed by atoms with Crippen LogP contribution in [0.25, 0.3) is 0 Å². The zero-order valence-corrected chi connectivity index (χ0v) is 15.9. The predicted octanol–water partition coefficient (Wildman–Crippen LogP) is 1.85. The molecule has 0 spiro atoms. The first-order chi connectivity index (χ1) is 12.0. The molecule has 2 saturated heterocycles. The standard InChI is InChI=1S/C19H26FN3O2.ClH/c1-14-12-21-8-10-23(14)19(25)16-3-2-9-22(13-16)18(24)11-15-4-6-17(20)7-5-15;/h4-7,14,16,21H,2-3,8-13H2,1H3;1H/t14-,16?;/m0./s1. The molecular weight excluding hydrogens is 357 g/mol. The lowest BCUT2D eigenvalue weighted by Gasteiger charge is -2.39. The zero-order valence-electron chi connectivity index (χ0n) is 15.1. The highest BCUT2D eigenvalue weighted by molar-refractivity contribution is 5.85. The molecule has 0 radical (unpaired) electrons. The Morgan fingerprint density at radius 1 is 1.23 bits per heavy atom. The van der Waals surface area contributed by atoms with E-state index in [-0.39, 0.29) is 48.4 Å². The molecule has 2 fully saturated rings. The number of likely N-dealkylation sites (tertiary alicyclic amines) is 1. The number of halogens is 2. The number of nitrogens with zero attached hydrogens (tertiary/aromatic N) is 2. The van der Waals surface area contributed by atoms with Gasteiger partial charge in [0.15, 0.2) is 0 Å². The predicted molar refractivity (Wildman–Crippen MR) is 101 cm³/mol. The Bertz CT molecular complexity index is 626. The van der Waals surface area contributed by atoms with Gasteiger partial charge in [0.2, 0.25) is 11.8 Å². The maximum absolute atomic E-state index is 13.0. The van der Waals surface area contributed by atoms with Crippen LogP contribution in [0.5, 0.6) is 0 Å². The van der Waals surface area contributed by atoms with E-state index < -0.39 is 0 Å². The van der Waals surface area contributed by atoms with Crippen LogP contribution in [0, 0.1) is 11.7 Å². The molecular formula is C19H27ClFN3O2. The molecule has 1 aromatic rings. The molecule has 0 saturated carbocycles. The molecule has 26 heavy (non-hydrogen) atoms. The van der Waals surface area contributed by atoms with Gasteiger partial charge < -0.3 is 15.1 Å². The van der Waals surface area contributed by atoms with Crippen LogP contribution in [0.2, 0.25) is 0 Å². The highest BCUT2D eigenvalue weighted by Crippen LogP contribution is 2.21.